The molecule has 0 aliphatic carbocycles. The monoisotopic (exact) mass is 253 g/mol. The molecule has 0 radical (unpaired) electrons. The lowest BCUT2D eigenvalue weighted by molar-refractivity contribution is -0.129. The van der Waals surface area contributed by atoms with Gasteiger partial charge in [0.2, 0.25) is 11.8 Å². The third-order valence-corrected chi connectivity index (χ3v) is 3.87. The molecule has 102 valence electrons. The van der Waals surface area contributed by atoms with Gasteiger partial charge in [0.15, 0.2) is 0 Å². The number of hydrogen-bond donors (Lipinski definition) is 2. The van der Waals surface area contributed by atoms with Gasteiger partial charge in [-0.3, -0.25) is 9.59 Å². The number of amides is 2. The topological polar surface area (TPSA) is 61.4 Å². The van der Waals surface area contributed by atoms with E-state index in [1.807, 2.05) is 11.8 Å². The van der Waals surface area contributed by atoms with Crippen LogP contribution >= 0.6 is 0 Å². The summed E-state index contributed by atoms with van der Waals surface area (Å²) in [6.07, 6.45) is 2.65. The Bertz CT molecular complexity index is 332. The maximum Gasteiger partial charge on any atom is 0.237 e. The number of likely N-dealkylation sites (tertiary alicyclic amines) is 1. The van der Waals surface area contributed by atoms with E-state index in [0.717, 1.165) is 25.9 Å². The molecule has 0 bridgehead atoms. The Hall–Kier alpha value is -1.10. The zero-order valence-electron chi connectivity index (χ0n) is 11.2. The normalized spacial score (nSPS) is 29.7. The number of rotatable bonds is 4. The smallest absolute Gasteiger partial charge is 0.237 e. The van der Waals surface area contributed by atoms with Gasteiger partial charge in [0, 0.05) is 25.6 Å². The quantitative estimate of drug-likeness (QED) is 0.747. The Morgan fingerprint density at radius 2 is 2.39 bits per heavy atom. The Morgan fingerprint density at radius 3 is 2.94 bits per heavy atom. The van der Waals surface area contributed by atoms with Crippen LogP contribution in [0.15, 0.2) is 0 Å². The highest BCUT2D eigenvalue weighted by atomic mass is 16.2. The molecule has 2 rings (SSSR count). The lowest BCUT2D eigenvalue weighted by atomic mass is 10.0. The Kier molecular flexibility index (Phi) is 4.22. The molecule has 3 atom stereocenters. The van der Waals surface area contributed by atoms with E-state index in [0.29, 0.717) is 18.9 Å². The van der Waals surface area contributed by atoms with E-state index in [-0.39, 0.29) is 23.9 Å². The van der Waals surface area contributed by atoms with Crippen LogP contribution in [0.5, 0.6) is 0 Å². The fraction of sp³-hybridized carbons (Fsp3) is 0.846. The Morgan fingerprint density at radius 1 is 1.61 bits per heavy atom. The van der Waals surface area contributed by atoms with Crippen molar-refractivity contribution in [3.63, 3.8) is 0 Å². The molecule has 5 nitrogen and oxygen atoms in total. The van der Waals surface area contributed by atoms with Gasteiger partial charge < -0.3 is 15.5 Å². The van der Waals surface area contributed by atoms with Crippen molar-refractivity contribution >= 4 is 11.8 Å². The van der Waals surface area contributed by atoms with Gasteiger partial charge in [0.05, 0.1) is 6.04 Å². The van der Waals surface area contributed by atoms with Crippen LogP contribution in [0.1, 0.15) is 33.1 Å². The fourth-order valence-corrected chi connectivity index (χ4v) is 2.79. The first kappa shape index (κ1) is 13.3. The molecule has 0 aromatic heterocycles. The summed E-state index contributed by atoms with van der Waals surface area (Å²) in [4.78, 5) is 25.4. The third kappa shape index (κ3) is 3.02. The Balaban J connectivity index is 1.78. The van der Waals surface area contributed by atoms with Crippen LogP contribution in [0.2, 0.25) is 0 Å². The molecule has 0 saturated carbocycles. The molecule has 2 aliphatic heterocycles. The van der Waals surface area contributed by atoms with E-state index in [2.05, 4.69) is 17.6 Å². The minimum Gasteiger partial charge on any atom is -0.351 e. The largest absolute Gasteiger partial charge is 0.351 e. The number of carbonyl (C=O) groups excluding carboxylic acids is 2. The zero-order valence-corrected chi connectivity index (χ0v) is 11.2. The summed E-state index contributed by atoms with van der Waals surface area (Å²) < 4.78 is 0. The molecule has 3 unspecified atom stereocenters. The van der Waals surface area contributed by atoms with Crippen LogP contribution < -0.4 is 10.6 Å². The molecule has 2 aliphatic rings. The average molecular weight is 253 g/mol. The van der Waals surface area contributed by atoms with Crippen molar-refractivity contribution in [1.29, 1.82) is 0 Å². The van der Waals surface area contributed by atoms with Crippen molar-refractivity contribution < 1.29 is 9.59 Å². The first-order valence-electron chi connectivity index (χ1n) is 6.89. The van der Waals surface area contributed by atoms with E-state index in [4.69, 9.17) is 0 Å². The van der Waals surface area contributed by atoms with Gasteiger partial charge in [0.1, 0.15) is 0 Å². The highest BCUT2D eigenvalue weighted by Crippen LogP contribution is 2.15. The van der Waals surface area contributed by atoms with Gasteiger partial charge >= 0.3 is 0 Å². The average Bonchev–Trinajstić information content (AvgIpc) is 2.88. The number of carbonyl (C=O) groups is 2. The lowest BCUT2D eigenvalue weighted by Crippen LogP contribution is -2.49. The van der Waals surface area contributed by atoms with Gasteiger partial charge in [-0.05, 0) is 32.2 Å². The number of nitrogens with one attached hydrogen (secondary N) is 2. The SMILES string of the molecule is CC(CN1CCCC1=O)NC(=O)C1NCCC1C. The highest BCUT2D eigenvalue weighted by molar-refractivity contribution is 5.83. The molecule has 0 aromatic carbocycles. The van der Waals surface area contributed by atoms with Crippen molar-refractivity contribution in [2.45, 2.75) is 45.2 Å². The van der Waals surface area contributed by atoms with Gasteiger partial charge in [-0.1, -0.05) is 6.92 Å². The second-order valence-electron chi connectivity index (χ2n) is 5.55. The molecule has 0 aromatic rings. The summed E-state index contributed by atoms with van der Waals surface area (Å²) in [5.74, 6) is 0.674. The molecule has 2 amide bonds. The predicted octanol–water partition coefficient (Wildman–Crippen LogP) is 0.112. The van der Waals surface area contributed by atoms with Crippen molar-refractivity contribution in [2.24, 2.45) is 5.92 Å². The van der Waals surface area contributed by atoms with Crippen molar-refractivity contribution in [1.82, 2.24) is 15.5 Å². The summed E-state index contributed by atoms with van der Waals surface area (Å²) in [5, 5.41) is 6.23. The first-order chi connectivity index (χ1) is 8.58. The Labute approximate surface area is 108 Å². The van der Waals surface area contributed by atoms with Crippen molar-refractivity contribution in [3.05, 3.63) is 0 Å². The maximum atomic E-state index is 12.0. The minimum absolute atomic E-state index is 0.0224. The van der Waals surface area contributed by atoms with E-state index >= 15 is 0 Å². The highest BCUT2D eigenvalue weighted by Gasteiger charge is 2.30. The van der Waals surface area contributed by atoms with Crippen LogP contribution in [0.4, 0.5) is 0 Å². The lowest BCUT2D eigenvalue weighted by Gasteiger charge is -2.24. The standard InChI is InChI=1S/C13H23N3O2/c1-9-5-6-14-12(9)13(18)15-10(2)8-16-7-3-4-11(16)17/h9-10,12,14H,3-8H2,1-2H3,(H,15,18). The molecule has 2 saturated heterocycles. The van der Waals surface area contributed by atoms with Gasteiger partial charge in [-0.2, -0.15) is 0 Å². The zero-order chi connectivity index (χ0) is 13.1. The van der Waals surface area contributed by atoms with Gasteiger partial charge in [-0.25, -0.2) is 0 Å². The van der Waals surface area contributed by atoms with Gasteiger partial charge in [-0.15, -0.1) is 0 Å². The summed E-state index contributed by atoms with van der Waals surface area (Å²) in [6.45, 7) is 6.43. The van der Waals surface area contributed by atoms with E-state index < -0.39 is 0 Å². The molecule has 18 heavy (non-hydrogen) atoms. The summed E-state index contributed by atoms with van der Waals surface area (Å²) in [7, 11) is 0. The van der Waals surface area contributed by atoms with E-state index in [1.165, 1.54) is 0 Å². The van der Waals surface area contributed by atoms with Crippen LogP contribution in [0, 0.1) is 5.92 Å². The molecule has 2 N–H and O–H groups in total. The number of nitrogens with zero attached hydrogens (tertiary/aromatic N) is 1. The fourth-order valence-electron chi connectivity index (χ4n) is 2.79. The summed E-state index contributed by atoms with van der Waals surface area (Å²) >= 11 is 0. The van der Waals surface area contributed by atoms with Crippen LogP contribution in [-0.4, -0.2) is 48.4 Å². The van der Waals surface area contributed by atoms with E-state index in [1.54, 1.807) is 0 Å². The maximum absolute atomic E-state index is 12.0. The molecular weight excluding hydrogens is 230 g/mol. The van der Waals surface area contributed by atoms with Crippen molar-refractivity contribution in [3.8, 4) is 0 Å². The molecule has 0 spiro atoms. The first-order valence-corrected chi connectivity index (χ1v) is 6.89. The van der Waals surface area contributed by atoms with E-state index in [9.17, 15) is 9.59 Å². The van der Waals surface area contributed by atoms with Crippen molar-refractivity contribution in [2.75, 3.05) is 19.6 Å². The van der Waals surface area contributed by atoms with Crippen LogP contribution in [0.3, 0.4) is 0 Å². The number of hydrogen-bond acceptors (Lipinski definition) is 3. The molecule has 2 fully saturated rings. The third-order valence-electron chi connectivity index (χ3n) is 3.87. The second-order valence-corrected chi connectivity index (χ2v) is 5.55. The van der Waals surface area contributed by atoms with Gasteiger partial charge in [0.25, 0.3) is 0 Å². The summed E-state index contributed by atoms with van der Waals surface area (Å²) in [6, 6.07) is -0.0455. The van der Waals surface area contributed by atoms with Crippen LogP contribution in [-0.2, 0) is 9.59 Å². The predicted molar refractivity (Wildman–Crippen MR) is 69.0 cm³/mol. The molecular formula is C13H23N3O2. The molecule has 5 heteroatoms. The minimum atomic E-state index is -0.0678. The second kappa shape index (κ2) is 5.69. The van der Waals surface area contributed by atoms with Crippen LogP contribution in [0.25, 0.3) is 0 Å². The summed E-state index contributed by atoms with van der Waals surface area (Å²) in [5.41, 5.74) is 0. The molecule has 2 heterocycles.